The zero-order chi connectivity index (χ0) is 15.8. The fraction of sp³-hybridized carbons (Fsp3) is 0.778. The molecule has 3 aliphatic rings. The van der Waals surface area contributed by atoms with Crippen LogP contribution in [0.1, 0.15) is 49.9 Å². The van der Waals surface area contributed by atoms with E-state index in [2.05, 4.69) is 26.4 Å². The second-order valence-electron chi connectivity index (χ2n) is 7.55. The van der Waals surface area contributed by atoms with Crippen LogP contribution in [0.25, 0.3) is 0 Å². The van der Waals surface area contributed by atoms with Crippen molar-refractivity contribution >= 4 is 5.91 Å². The SMILES string of the molecule is Cn1cnc2c1CCN(CC(=O)N1CCCC3CCCCC31)C2. The van der Waals surface area contributed by atoms with E-state index in [-0.39, 0.29) is 0 Å². The molecule has 1 saturated carbocycles. The molecule has 1 aliphatic carbocycles. The summed E-state index contributed by atoms with van der Waals surface area (Å²) >= 11 is 0. The van der Waals surface area contributed by atoms with Crippen LogP contribution in [-0.2, 0) is 24.8 Å². The minimum Gasteiger partial charge on any atom is -0.338 e. The number of carbonyl (C=O) groups excluding carboxylic acids is 1. The molecule has 2 unspecified atom stereocenters. The van der Waals surface area contributed by atoms with Crippen molar-refractivity contribution in [3.8, 4) is 0 Å². The van der Waals surface area contributed by atoms with Gasteiger partial charge in [-0.1, -0.05) is 12.8 Å². The van der Waals surface area contributed by atoms with Gasteiger partial charge in [0.1, 0.15) is 0 Å². The molecule has 5 nitrogen and oxygen atoms in total. The molecule has 1 amide bonds. The lowest BCUT2D eigenvalue weighted by Gasteiger charge is -2.44. The van der Waals surface area contributed by atoms with E-state index < -0.39 is 0 Å². The van der Waals surface area contributed by atoms with Crippen LogP contribution in [0.4, 0.5) is 0 Å². The molecule has 4 rings (SSSR count). The molecular formula is C18H28N4O. The average molecular weight is 316 g/mol. The van der Waals surface area contributed by atoms with Gasteiger partial charge < -0.3 is 9.47 Å². The first kappa shape index (κ1) is 15.2. The fourth-order valence-electron chi connectivity index (χ4n) is 4.86. The second kappa shape index (κ2) is 6.27. The molecule has 0 spiro atoms. The van der Waals surface area contributed by atoms with E-state index >= 15 is 0 Å². The maximum atomic E-state index is 12.9. The second-order valence-corrected chi connectivity index (χ2v) is 7.55. The number of hydrogen-bond acceptors (Lipinski definition) is 3. The normalized spacial score (nSPS) is 28.3. The van der Waals surface area contributed by atoms with Crippen LogP contribution in [0, 0.1) is 5.92 Å². The summed E-state index contributed by atoms with van der Waals surface area (Å²) in [6, 6.07) is 0.528. The molecule has 23 heavy (non-hydrogen) atoms. The monoisotopic (exact) mass is 316 g/mol. The van der Waals surface area contributed by atoms with Crippen molar-refractivity contribution in [2.75, 3.05) is 19.6 Å². The van der Waals surface area contributed by atoms with Crippen molar-refractivity contribution in [1.29, 1.82) is 0 Å². The first-order valence-corrected chi connectivity index (χ1v) is 9.23. The molecule has 0 aromatic carbocycles. The molecule has 2 atom stereocenters. The Morgan fingerprint density at radius 2 is 2.04 bits per heavy atom. The number of imidazole rings is 1. The lowest BCUT2D eigenvalue weighted by molar-refractivity contribution is -0.139. The maximum absolute atomic E-state index is 12.9. The summed E-state index contributed by atoms with van der Waals surface area (Å²) < 4.78 is 2.12. The Hall–Kier alpha value is -1.36. The van der Waals surface area contributed by atoms with E-state index in [1.807, 2.05) is 6.33 Å². The van der Waals surface area contributed by atoms with Gasteiger partial charge >= 0.3 is 0 Å². The quantitative estimate of drug-likeness (QED) is 0.837. The molecule has 1 saturated heterocycles. The molecule has 3 heterocycles. The highest BCUT2D eigenvalue weighted by Gasteiger charge is 2.36. The van der Waals surface area contributed by atoms with Gasteiger partial charge in [-0.2, -0.15) is 0 Å². The van der Waals surface area contributed by atoms with E-state index in [1.165, 1.54) is 44.2 Å². The van der Waals surface area contributed by atoms with Crippen molar-refractivity contribution in [3.63, 3.8) is 0 Å². The van der Waals surface area contributed by atoms with Gasteiger partial charge in [0.2, 0.25) is 5.91 Å². The molecule has 0 radical (unpaired) electrons. The number of rotatable bonds is 2. The summed E-state index contributed by atoms with van der Waals surface area (Å²) in [6.45, 7) is 3.34. The molecule has 5 heteroatoms. The number of hydrogen-bond donors (Lipinski definition) is 0. The summed E-state index contributed by atoms with van der Waals surface area (Å²) in [6.07, 6.45) is 10.6. The van der Waals surface area contributed by atoms with Gasteiger partial charge in [-0.3, -0.25) is 9.69 Å². The standard InChI is InChI=1S/C18H28N4O/c1-20-13-19-15-11-21(10-8-17(15)20)12-18(23)22-9-4-6-14-5-2-3-7-16(14)22/h13-14,16H,2-12H2,1H3. The van der Waals surface area contributed by atoms with E-state index in [1.54, 1.807) is 0 Å². The topological polar surface area (TPSA) is 41.4 Å². The molecule has 0 N–H and O–H groups in total. The third kappa shape index (κ3) is 2.91. The zero-order valence-corrected chi connectivity index (χ0v) is 14.2. The first-order chi connectivity index (χ1) is 11.2. The average Bonchev–Trinajstić information content (AvgIpc) is 2.95. The summed E-state index contributed by atoms with van der Waals surface area (Å²) in [5.74, 6) is 1.12. The predicted molar refractivity (Wildman–Crippen MR) is 88.9 cm³/mol. The van der Waals surface area contributed by atoms with Crippen molar-refractivity contribution in [2.24, 2.45) is 13.0 Å². The Morgan fingerprint density at radius 1 is 1.22 bits per heavy atom. The number of carbonyl (C=O) groups is 1. The van der Waals surface area contributed by atoms with E-state index in [9.17, 15) is 4.79 Å². The third-order valence-electron chi connectivity index (χ3n) is 6.11. The Kier molecular flexibility index (Phi) is 4.14. The summed E-state index contributed by atoms with van der Waals surface area (Å²) in [7, 11) is 2.06. The highest BCUT2D eigenvalue weighted by Crippen LogP contribution is 2.35. The number of fused-ring (bicyclic) bond motifs is 2. The van der Waals surface area contributed by atoms with Gasteiger partial charge in [0.15, 0.2) is 0 Å². The lowest BCUT2D eigenvalue weighted by Crippen LogP contribution is -2.52. The van der Waals surface area contributed by atoms with Crippen LogP contribution >= 0.6 is 0 Å². The summed E-state index contributed by atoms with van der Waals surface area (Å²) in [4.78, 5) is 21.9. The Morgan fingerprint density at radius 3 is 2.96 bits per heavy atom. The summed E-state index contributed by atoms with van der Waals surface area (Å²) in [5.41, 5.74) is 2.49. The fourth-order valence-corrected chi connectivity index (χ4v) is 4.86. The number of aryl methyl sites for hydroxylation is 1. The Bertz CT molecular complexity index is 580. The first-order valence-electron chi connectivity index (χ1n) is 9.23. The molecule has 2 aliphatic heterocycles. The van der Waals surface area contributed by atoms with Gasteiger partial charge in [0, 0.05) is 44.8 Å². The molecular weight excluding hydrogens is 288 g/mol. The van der Waals surface area contributed by atoms with Gasteiger partial charge in [-0.15, -0.1) is 0 Å². The molecule has 126 valence electrons. The van der Waals surface area contributed by atoms with E-state index in [0.29, 0.717) is 18.5 Å². The molecule has 2 fully saturated rings. The number of likely N-dealkylation sites (tertiary alicyclic amines) is 1. The highest BCUT2D eigenvalue weighted by molar-refractivity contribution is 5.78. The van der Waals surface area contributed by atoms with Gasteiger partial charge in [0.05, 0.1) is 18.6 Å². The van der Waals surface area contributed by atoms with Crippen molar-refractivity contribution < 1.29 is 4.79 Å². The van der Waals surface area contributed by atoms with Crippen LogP contribution in [0.15, 0.2) is 6.33 Å². The molecule has 0 bridgehead atoms. The molecule has 1 aromatic rings. The van der Waals surface area contributed by atoms with E-state index in [0.717, 1.165) is 37.7 Å². The van der Waals surface area contributed by atoms with E-state index in [4.69, 9.17) is 0 Å². The molecule has 1 aromatic heterocycles. The largest absolute Gasteiger partial charge is 0.338 e. The van der Waals surface area contributed by atoms with Crippen LogP contribution in [0.2, 0.25) is 0 Å². The van der Waals surface area contributed by atoms with Crippen LogP contribution < -0.4 is 0 Å². The van der Waals surface area contributed by atoms with Gasteiger partial charge in [-0.25, -0.2) is 4.98 Å². The number of aromatic nitrogens is 2. The van der Waals surface area contributed by atoms with Crippen molar-refractivity contribution in [3.05, 3.63) is 17.7 Å². The summed E-state index contributed by atoms with van der Waals surface area (Å²) in [5, 5.41) is 0. The Labute approximate surface area is 138 Å². The van der Waals surface area contributed by atoms with Crippen molar-refractivity contribution in [1.82, 2.24) is 19.4 Å². The zero-order valence-electron chi connectivity index (χ0n) is 14.2. The predicted octanol–water partition coefficient (Wildman–Crippen LogP) is 1.96. The smallest absolute Gasteiger partial charge is 0.237 e. The minimum absolute atomic E-state index is 0.348. The maximum Gasteiger partial charge on any atom is 0.237 e. The van der Waals surface area contributed by atoms with Crippen LogP contribution in [0.3, 0.4) is 0 Å². The lowest BCUT2D eigenvalue weighted by atomic mass is 9.78. The number of amides is 1. The highest BCUT2D eigenvalue weighted by atomic mass is 16.2. The third-order valence-corrected chi connectivity index (χ3v) is 6.11. The Balaban J connectivity index is 1.40. The van der Waals surface area contributed by atoms with Gasteiger partial charge in [-0.05, 0) is 31.6 Å². The van der Waals surface area contributed by atoms with Crippen LogP contribution in [-0.4, -0.2) is 50.9 Å². The van der Waals surface area contributed by atoms with Crippen molar-refractivity contribution in [2.45, 2.75) is 57.5 Å². The van der Waals surface area contributed by atoms with Gasteiger partial charge in [0.25, 0.3) is 0 Å². The number of nitrogens with zero attached hydrogens (tertiary/aromatic N) is 4. The minimum atomic E-state index is 0.348. The number of piperidine rings is 1. The van der Waals surface area contributed by atoms with Crippen LogP contribution in [0.5, 0.6) is 0 Å².